The molecule has 1 N–H and O–H groups in total. The quantitative estimate of drug-likeness (QED) is 0.470. The number of benzene rings is 1. The monoisotopic (exact) mass is 374 g/mol. The number of hydrogen-bond donors (Lipinski definition) is 1. The standard InChI is InChI=1S/C20H26N2O5/c1-14-7-3-4-9-16(14)26-11-12-27-17(23)13-22-18(24)20(21-19(22)25)10-6-5-8-15(20)2/h3-4,7,9,15H,5-6,8,10-13H2,1-2H3,(H,21,25)/t15-,20+/m0/s1. The molecule has 3 rings (SSSR count). The molecule has 1 spiro atoms. The molecule has 2 atom stereocenters. The summed E-state index contributed by atoms with van der Waals surface area (Å²) in [7, 11) is 0. The van der Waals surface area contributed by atoms with Crippen molar-refractivity contribution in [1.29, 1.82) is 0 Å². The van der Waals surface area contributed by atoms with Gasteiger partial charge in [-0.05, 0) is 37.3 Å². The number of amides is 3. The van der Waals surface area contributed by atoms with Gasteiger partial charge in [-0.3, -0.25) is 14.5 Å². The maximum atomic E-state index is 12.8. The Morgan fingerprint density at radius 1 is 1.26 bits per heavy atom. The molecule has 1 heterocycles. The minimum absolute atomic E-state index is 0.0539. The second-order valence-corrected chi connectivity index (χ2v) is 7.27. The number of nitrogens with one attached hydrogen (secondary N) is 1. The highest BCUT2D eigenvalue weighted by atomic mass is 16.6. The molecule has 1 aliphatic heterocycles. The van der Waals surface area contributed by atoms with E-state index >= 15 is 0 Å². The molecule has 7 heteroatoms. The Hall–Kier alpha value is -2.57. The van der Waals surface area contributed by atoms with Crippen molar-refractivity contribution in [2.45, 2.75) is 45.1 Å². The lowest BCUT2D eigenvalue weighted by molar-refractivity contribution is -0.149. The van der Waals surface area contributed by atoms with Gasteiger partial charge in [-0.1, -0.05) is 38.0 Å². The lowest BCUT2D eigenvalue weighted by Gasteiger charge is -2.36. The highest BCUT2D eigenvalue weighted by Gasteiger charge is 2.55. The van der Waals surface area contributed by atoms with Crippen LogP contribution in [0.4, 0.5) is 4.79 Å². The van der Waals surface area contributed by atoms with Crippen molar-refractivity contribution in [2.24, 2.45) is 5.92 Å². The first-order valence-corrected chi connectivity index (χ1v) is 9.42. The first-order chi connectivity index (χ1) is 12.9. The number of carbonyl (C=O) groups excluding carboxylic acids is 3. The van der Waals surface area contributed by atoms with E-state index in [1.54, 1.807) is 0 Å². The van der Waals surface area contributed by atoms with E-state index in [0.29, 0.717) is 6.42 Å². The minimum Gasteiger partial charge on any atom is -0.490 e. The van der Waals surface area contributed by atoms with Gasteiger partial charge in [0.1, 0.15) is 31.0 Å². The van der Waals surface area contributed by atoms with Crippen LogP contribution in [0, 0.1) is 12.8 Å². The summed E-state index contributed by atoms with van der Waals surface area (Å²) in [5.41, 5.74) is 0.138. The zero-order valence-corrected chi connectivity index (χ0v) is 15.8. The van der Waals surface area contributed by atoms with Gasteiger partial charge < -0.3 is 14.8 Å². The SMILES string of the molecule is Cc1ccccc1OCCOC(=O)CN1C(=O)N[C@@]2(CCCC[C@@H]2C)C1=O. The van der Waals surface area contributed by atoms with Gasteiger partial charge in [0.15, 0.2) is 0 Å². The lowest BCUT2D eigenvalue weighted by Crippen LogP contribution is -2.54. The van der Waals surface area contributed by atoms with Crippen LogP contribution in [0.1, 0.15) is 38.2 Å². The molecule has 3 amide bonds. The van der Waals surface area contributed by atoms with Crippen LogP contribution in [-0.4, -0.2) is 48.1 Å². The third-order valence-corrected chi connectivity index (χ3v) is 5.49. The van der Waals surface area contributed by atoms with E-state index in [4.69, 9.17) is 9.47 Å². The number of hydrogen-bond acceptors (Lipinski definition) is 5. The van der Waals surface area contributed by atoms with Gasteiger partial charge in [0, 0.05) is 0 Å². The van der Waals surface area contributed by atoms with Crippen molar-refractivity contribution in [1.82, 2.24) is 10.2 Å². The fourth-order valence-corrected chi connectivity index (χ4v) is 3.84. The van der Waals surface area contributed by atoms with Crippen LogP contribution in [-0.2, 0) is 14.3 Å². The summed E-state index contributed by atoms with van der Waals surface area (Å²) in [4.78, 5) is 38.1. The van der Waals surface area contributed by atoms with Crippen molar-refractivity contribution < 1.29 is 23.9 Å². The Morgan fingerprint density at radius 2 is 2.04 bits per heavy atom. The fourth-order valence-electron chi connectivity index (χ4n) is 3.84. The van der Waals surface area contributed by atoms with E-state index in [1.807, 2.05) is 38.1 Å². The number of nitrogens with zero attached hydrogens (tertiary/aromatic N) is 1. The lowest BCUT2D eigenvalue weighted by atomic mass is 9.73. The second-order valence-electron chi connectivity index (χ2n) is 7.27. The summed E-state index contributed by atoms with van der Waals surface area (Å²) in [6.45, 7) is 3.79. The van der Waals surface area contributed by atoms with Crippen molar-refractivity contribution in [3.8, 4) is 5.75 Å². The van der Waals surface area contributed by atoms with Gasteiger partial charge in [0.2, 0.25) is 0 Å². The Bertz CT molecular complexity index is 735. The largest absolute Gasteiger partial charge is 0.490 e. The minimum atomic E-state index is -0.858. The molecule has 0 unspecified atom stereocenters. The maximum Gasteiger partial charge on any atom is 0.326 e. The Morgan fingerprint density at radius 3 is 2.78 bits per heavy atom. The highest BCUT2D eigenvalue weighted by molar-refractivity contribution is 6.08. The van der Waals surface area contributed by atoms with Crippen molar-refractivity contribution >= 4 is 17.9 Å². The number of rotatable bonds is 6. The molecule has 0 aromatic heterocycles. The van der Waals surface area contributed by atoms with E-state index in [9.17, 15) is 14.4 Å². The van der Waals surface area contributed by atoms with Crippen LogP contribution in [0.15, 0.2) is 24.3 Å². The molecule has 2 fully saturated rings. The van der Waals surface area contributed by atoms with Crippen molar-refractivity contribution in [3.05, 3.63) is 29.8 Å². The topological polar surface area (TPSA) is 84.9 Å². The van der Waals surface area contributed by atoms with Crippen LogP contribution in [0.2, 0.25) is 0 Å². The zero-order chi connectivity index (χ0) is 19.4. The van der Waals surface area contributed by atoms with Crippen LogP contribution in [0.5, 0.6) is 5.75 Å². The van der Waals surface area contributed by atoms with Crippen molar-refractivity contribution in [3.63, 3.8) is 0 Å². The van der Waals surface area contributed by atoms with Gasteiger partial charge in [0.25, 0.3) is 5.91 Å². The number of urea groups is 1. The average Bonchev–Trinajstić information content (AvgIpc) is 2.88. The van der Waals surface area contributed by atoms with E-state index in [1.165, 1.54) is 0 Å². The zero-order valence-electron chi connectivity index (χ0n) is 15.8. The second kappa shape index (κ2) is 7.98. The maximum absolute atomic E-state index is 12.8. The molecule has 1 saturated heterocycles. The van der Waals surface area contributed by atoms with Gasteiger partial charge in [-0.15, -0.1) is 0 Å². The van der Waals surface area contributed by atoms with Gasteiger partial charge in [-0.25, -0.2) is 4.79 Å². The molecular weight excluding hydrogens is 348 g/mol. The summed E-state index contributed by atoms with van der Waals surface area (Å²) >= 11 is 0. The summed E-state index contributed by atoms with van der Waals surface area (Å²) in [5, 5.41) is 2.82. The predicted octanol–water partition coefficient (Wildman–Crippen LogP) is 2.42. The molecule has 146 valence electrons. The van der Waals surface area contributed by atoms with Crippen molar-refractivity contribution in [2.75, 3.05) is 19.8 Å². The normalized spacial score (nSPS) is 24.8. The number of imide groups is 1. The number of esters is 1. The van der Waals surface area contributed by atoms with Crippen LogP contribution in [0.25, 0.3) is 0 Å². The Labute approximate surface area is 159 Å². The summed E-state index contributed by atoms with van der Waals surface area (Å²) in [6.07, 6.45) is 3.45. The molecule has 1 aliphatic carbocycles. The molecular formula is C20H26N2O5. The number of para-hydroxylation sites is 1. The molecule has 0 bridgehead atoms. The molecule has 27 heavy (non-hydrogen) atoms. The average molecular weight is 374 g/mol. The van der Waals surface area contributed by atoms with E-state index in [0.717, 1.165) is 35.5 Å². The summed E-state index contributed by atoms with van der Waals surface area (Å²) in [5.74, 6) is -0.137. The van der Waals surface area contributed by atoms with Gasteiger partial charge >= 0.3 is 12.0 Å². The van der Waals surface area contributed by atoms with E-state index in [-0.39, 0.29) is 31.6 Å². The van der Waals surface area contributed by atoms with Gasteiger partial charge in [-0.2, -0.15) is 0 Å². The summed E-state index contributed by atoms with van der Waals surface area (Å²) < 4.78 is 10.7. The number of aryl methyl sites for hydroxylation is 1. The highest BCUT2D eigenvalue weighted by Crippen LogP contribution is 2.38. The number of ether oxygens (including phenoxy) is 2. The Kier molecular flexibility index (Phi) is 5.68. The molecule has 1 aromatic carbocycles. The summed E-state index contributed by atoms with van der Waals surface area (Å²) in [6, 6.07) is 7.05. The van der Waals surface area contributed by atoms with Gasteiger partial charge in [0.05, 0.1) is 0 Å². The third-order valence-electron chi connectivity index (χ3n) is 5.49. The van der Waals surface area contributed by atoms with E-state index in [2.05, 4.69) is 5.32 Å². The predicted molar refractivity (Wildman–Crippen MR) is 98.2 cm³/mol. The molecule has 7 nitrogen and oxygen atoms in total. The smallest absolute Gasteiger partial charge is 0.326 e. The number of carbonyl (C=O) groups is 3. The fraction of sp³-hybridized carbons (Fsp3) is 0.550. The van der Waals surface area contributed by atoms with Crippen LogP contribution < -0.4 is 10.1 Å². The molecule has 2 aliphatic rings. The van der Waals surface area contributed by atoms with E-state index < -0.39 is 17.5 Å². The first kappa shape index (κ1) is 19.2. The molecule has 1 aromatic rings. The van der Waals surface area contributed by atoms with Crippen LogP contribution in [0.3, 0.4) is 0 Å². The molecule has 0 radical (unpaired) electrons. The Balaban J connectivity index is 1.48. The third kappa shape index (κ3) is 3.91. The first-order valence-electron chi connectivity index (χ1n) is 9.42. The molecule has 1 saturated carbocycles. The van der Waals surface area contributed by atoms with Crippen LogP contribution >= 0.6 is 0 Å².